The molecule has 1 aliphatic rings. The highest BCUT2D eigenvalue weighted by Crippen LogP contribution is 2.22. The highest BCUT2D eigenvalue weighted by Gasteiger charge is 2.42. The highest BCUT2D eigenvalue weighted by atomic mass is 16.5. The number of carboxylic acid groups (broad SMARTS) is 1. The summed E-state index contributed by atoms with van der Waals surface area (Å²) in [6.07, 6.45) is 3.30. The van der Waals surface area contributed by atoms with Crippen molar-refractivity contribution in [2.45, 2.75) is 189 Å². The van der Waals surface area contributed by atoms with Crippen molar-refractivity contribution in [3.63, 3.8) is 0 Å². The number of hydrogen-bond acceptors (Lipinski definition) is 12. The number of likely N-dealkylation sites (tertiary alicyclic amines) is 1. The van der Waals surface area contributed by atoms with Crippen LogP contribution in [0.2, 0.25) is 0 Å². The van der Waals surface area contributed by atoms with Gasteiger partial charge in [-0.25, -0.2) is 0 Å². The standard InChI is InChI=1S/C61H104N10O12/c1-18-42(12)53(69(16)49(72)34-66(13)61(82)51(40(8)9)65-54(75)48(32-38(4)5)68(15)57(78)44(62)31-37(2)3)56(77)64-46(36-83-35-39(6)7)58(79)67(14)47(28-27-43-25-21-19-22-26-43)60(81)70(17)52(41(10)11)55(76)63-45(33-50(73)74)59(80)71-29-23-20-24-30-71/h19,21-22,25-26,37-42,44-48,51-53H,18,20,23-24,27-36,62H2,1-17H3,(H,63,76)(H,64,77)(H,65,75)(H,73,74)/t42-,44-,45-,46-,47-,48-,51-,52-,53-/m0/s1. The number of nitrogens with two attached hydrogens (primary N) is 1. The van der Waals surface area contributed by atoms with Crippen molar-refractivity contribution in [3.8, 4) is 0 Å². The summed E-state index contributed by atoms with van der Waals surface area (Å²) >= 11 is 0. The summed E-state index contributed by atoms with van der Waals surface area (Å²) in [7, 11) is 7.25. The van der Waals surface area contributed by atoms with Gasteiger partial charge in [0.25, 0.3) is 0 Å². The van der Waals surface area contributed by atoms with E-state index < -0.39 is 138 Å². The molecule has 1 aromatic rings. The van der Waals surface area contributed by atoms with Gasteiger partial charge in [0.1, 0.15) is 42.3 Å². The number of carboxylic acids is 1. The number of carbonyl (C=O) groups is 10. The molecule has 0 aliphatic carbocycles. The summed E-state index contributed by atoms with van der Waals surface area (Å²) in [5, 5.41) is 18.2. The Balaban J connectivity index is 2.53. The highest BCUT2D eigenvalue weighted by molar-refractivity contribution is 5.98. The van der Waals surface area contributed by atoms with Crippen LogP contribution in [0.1, 0.15) is 140 Å². The van der Waals surface area contributed by atoms with Gasteiger partial charge in [-0.05, 0) is 86.0 Å². The first kappa shape index (κ1) is 72.9. The number of nitrogens with zero attached hydrogens (tertiary/aromatic N) is 6. The molecule has 1 aliphatic heterocycles. The zero-order chi connectivity index (χ0) is 63.2. The number of aryl methyl sites for hydroxylation is 1. The minimum absolute atomic E-state index is 0.00392. The number of amides is 9. The number of carbonyl (C=O) groups excluding carboxylic acids is 9. The molecule has 470 valence electrons. The van der Waals surface area contributed by atoms with E-state index in [-0.39, 0.29) is 37.4 Å². The molecule has 0 bridgehead atoms. The van der Waals surface area contributed by atoms with Crippen LogP contribution in [0.15, 0.2) is 30.3 Å². The lowest BCUT2D eigenvalue weighted by Gasteiger charge is -2.38. The molecule has 6 N–H and O–H groups in total. The van der Waals surface area contributed by atoms with Crippen molar-refractivity contribution in [2.75, 3.05) is 68.1 Å². The minimum Gasteiger partial charge on any atom is -0.481 e. The molecule has 9 atom stereocenters. The molecule has 1 heterocycles. The smallest absolute Gasteiger partial charge is 0.305 e. The summed E-state index contributed by atoms with van der Waals surface area (Å²) in [5.74, 6) is -7.97. The first-order valence-corrected chi connectivity index (χ1v) is 29.9. The lowest BCUT2D eigenvalue weighted by molar-refractivity contribution is -0.152. The third-order valence-electron chi connectivity index (χ3n) is 15.4. The summed E-state index contributed by atoms with van der Waals surface area (Å²) in [4.78, 5) is 149. The average Bonchev–Trinajstić information content (AvgIpc) is 3.52. The normalized spacial score (nSPS) is 16.0. The molecular formula is C61H104N10O12. The van der Waals surface area contributed by atoms with Crippen LogP contribution < -0.4 is 21.7 Å². The second-order valence-corrected chi connectivity index (χ2v) is 24.8. The van der Waals surface area contributed by atoms with Crippen LogP contribution in [0.25, 0.3) is 0 Å². The van der Waals surface area contributed by atoms with Crippen LogP contribution in [0.3, 0.4) is 0 Å². The van der Waals surface area contributed by atoms with Crippen LogP contribution in [0.4, 0.5) is 0 Å². The van der Waals surface area contributed by atoms with Gasteiger partial charge in [0.2, 0.25) is 53.2 Å². The van der Waals surface area contributed by atoms with Crippen molar-refractivity contribution in [1.29, 1.82) is 0 Å². The molecule has 0 radical (unpaired) electrons. The molecule has 0 unspecified atom stereocenters. The molecule has 2 rings (SSSR count). The van der Waals surface area contributed by atoms with Crippen LogP contribution in [-0.4, -0.2) is 210 Å². The fourth-order valence-corrected chi connectivity index (χ4v) is 10.4. The van der Waals surface area contributed by atoms with Crippen molar-refractivity contribution in [1.82, 2.24) is 45.3 Å². The molecule has 83 heavy (non-hydrogen) atoms. The van der Waals surface area contributed by atoms with Gasteiger partial charge in [-0.3, -0.25) is 47.9 Å². The Morgan fingerprint density at radius 2 is 1.16 bits per heavy atom. The second kappa shape index (κ2) is 35.2. The first-order valence-electron chi connectivity index (χ1n) is 29.9. The van der Waals surface area contributed by atoms with E-state index in [1.54, 1.807) is 39.5 Å². The minimum atomic E-state index is -1.39. The number of benzene rings is 1. The molecule has 9 amide bonds. The number of hydrogen-bond donors (Lipinski definition) is 5. The Morgan fingerprint density at radius 3 is 1.67 bits per heavy atom. The van der Waals surface area contributed by atoms with Gasteiger partial charge >= 0.3 is 5.97 Å². The largest absolute Gasteiger partial charge is 0.481 e. The van der Waals surface area contributed by atoms with Gasteiger partial charge in [0.15, 0.2) is 0 Å². The second-order valence-electron chi connectivity index (χ2n) is 24.8. The summed E-state index contributed by atoms with van der Waals surface area (Å²) in [5.41, 5.74) is 7.11. The van der Waals surface area contributed by atoms with Gasteiger partial charge in [-0.15, -0.1) is 0 Å². The number of aliphatic carboxylic acids is 1. The van der Waals surface area contributed by atoms with Crippen molar-refractivity contribution in [2.24, 2.45) is 41.2 Å². The van der Waals surface area contributed by atoms with Crippen molar-refractivity contribution < 1.29 is 57.8 Å². The number of rotatable bonds is 34. The molecule has 1 aromatic carbocycles. The zero-order valence-electron chi connectivity index (χ0n) is 53.1. The quantitative estimate of drug-likeness (QED) is 0.0658. The number of nitrogens with one attached hydrogen (secondary N) is 3. The first-order chi connectivity index (χ1) is 38.8. The van der Waals surface area contributed by atoms with E-state index >= 15 is 9.59 Å². The van der Waals surface area contributed by atoms with Crippen LogP contribution >= 0.6 is 0 Å². The van der Waals surface area contributed by atoms with Gasteiger partial charge < -0.3 is 60.9 Å². The van der Waals surface area contributed by atoms with Crippen molar-refractivity contribution >= 4 is 59.1 Å². The maximum Gasteiger partial charge on any atom is 0.305 e. The molecule has 1 fully saturated rings. The van der Waals surface area contributed by atoms with E-state index in [0.717, 1.165) is 24.8 Å². The Hall–Kier alpha value is -6.16. The third-order valence-corrected chi connectivity index (χ3v) is 15.4. The van der Waals surface area contributed by atoms with E-state index in [2.05, 4.69) is 16.0 Å². The van der Waals surface area contributed by atoms with E-state index in [1.165, 1.54) is 59.7 Å². The third kappa shape index (κ3) is 22.7. The molecule has 1 saturated heterocycles. The zero-order valence-corrected chi connectivity index (χ0v) is 53.1. The maximum atomic E-state index is 15.1. The van der Waals surface area contributed by atoms with Gasteiger partial charge in [-0.2, -0.15) is 0 Å². The van der Waals surface area contributed by atoms with Gasteiger partial charge in [0, 0.05) is 54.9 Å². The molecule has 22 nitrogen and oxygen atoms in total. The Labute approximate surface area is 495 Å². The Bertz CT molecular complexity index is 2290. The topological polar surface area (TPSA) is 282 Å². The molecular weight excluding hydrogens is 1060 g/mol. The molecule has 0 saturated carbocycles. The van der Waals surface area contributed by atoms with E-state index in [9.17, 15) is 43.5 Å². The van der Waals surface area contributed by atoms with Crippen LogP contribution in [0, 0.1) is 35.5 Å². The number of likely N-dealkylation sites (N-methyl/N-ethyl adjacent to an activating group) is 5. The predicted molar refractivity (Wildman–Crippen MR) is 319 cm³/mol. The van der Waals surface area contributed by atoms with Crippen LogP contribution in [-0.2, 0) is 59.1 Å². The predicted octanol–water partition coefficient (Wildman–Crippen LogP) is 3.78. The number of ether oxygens (including phenoxy) is 1. The maximum absolute atomic E-state index is 15.1. The van der Waals surface area contributed by atoms with Crippen molar-refractivity contribution in [3.05, 3.63) is 35.9 Å². The monoisotopic (exact) mass is 1170 g/mol. The van der Waals surface area contributed by atoms with E-state index in [1.807, 2.05) is 78.8 Å². The average molecular weight is 1170 g/mol. The summed E-state index contributed by atoms with van der Waals surface area (Å²) < 4.78 is 6.02. The Kier molecular flexibility index (Phi) is 30.9. The molecule has 0 aromatic heterocycles. The van der Waals surface area contributed by atoms with E-state index in [0.29, 0.717) is 38.8 Å². The lowest BCUT2D eigenvalue weighted by Crippen LogP contribution is -2.62. The molecule has 0 spiro atoms. The SMILES string of the molecule is CC[C@H](C)[C@@H](C(=O)N[C@@H](COCC(C)C)C(=O)N(C)[C@@H](CCc1ccccc1)C(=O)N(C)[C@H](C(=O)N[C@@H](CC(=O)O)C(=O)N1CCCCC1)C(C)C)N(C)C(=O)CN(C)C(=O)[C@@H](NC(=O)[C@H](CC(C)C)N(C)C(=O)[C@@H](N)CC(C)C)C(C)C. The van der Waals surface area contributed by atoms with Gasteiger partial charge in [-0.1, -0.05) is 120 Å². The molecule has 22 heteroatoms. The summed E-state index contributed by atoms with van der Waals surface area (Å²) in [6.45, 7) is 22.4. The lowest BCUT2D eigenvalue weighted by atomic mass is 9.96. The fraction of sp³-hybridized carbons (Fsp3) is 0.738. The summed E-state index contributed by atoms with van der Waals surface area (Å²) in [6, 6.07) is 0.0729. The fourth-order valence-electron chi connectivity index (χ4n) is 10.4. The van der Waals surface area contributed by atoms with E-state index in [4.69, 9.17) is 10.5 Å². The Morgan fingerprint density at radius 1 is 0.602 bits per heavy atom. The van der Waals surface area contributed by atoms with Gasteiger partial charge in [0.05, 0.1) is 25.6 Å². The van der Waals surface area contributed by atoms with Crippen LogP contribution in [0.5, 0.6) is 0 Å². The number of piperidine rings is 1.